The van der Waals surface area contributed by atoms with Crippen molar-refractivity contribution in [3.8, 4) is 11.5 Å². The third-order valence-electron chi connectivity index (χ3n) is 7.79. The number of hydrogen-bond acceptors (Lipinski definition) is 6. The maximum absolute atomic E-state index is 15.1. The Kier molecular flexibility index (Phi) is 9.09. The van der Waals surface area contributed by atoms with Gasteiger partial charge in [-0.15, -0.1) is 0 Å². The van der Waals surface area contributed by atoms with Gasteiger partial charge in [0.15, 0.2) is 18.2 Å². The van der Waals surface area contributed by atoms with Crippen molar-refractivity contribution in [2.24, 2.45) is 0 Å². The van der Waals surface area contributed by atoms with Crippen LogP contribution in [0.5, 0.6) is 11.5 Å². The van der Waals surface area contributed by atoms with Gasteiger partial charge in [0.2, 0.25) is 0 Å². The Balaban J connectivity index is 1.46. The maximum atomic E-state index is 15.1. The number of hydrogen-bond donors (Lipinski definition) is 0. The first-order valence-corrected chi connectivity index (χ1v) is 14.8. The van der Waals surface area contributed by atoms with Crippen molar-refractivity contribution < 1.29 is 32.9 Å². The van der Waals surface area contributed by atoms with Crippen molar-refractivity contribution in [2.45, 2.75) is 57.8 Å². The number of ether oxygens (including phenoxy) is 4. The molecule has 0 bridgehead atoms. The number of carbonyl (C=O) groups is 2. The van der Waals surface area contributed by atoms with E-state index in [0.717, 1.165) is 27.5 Å². The Labute approximate surface area is 257 Å². The molecule has 230 valence electrons. The first-order valence-electron chi connectivity index (χ1n) is 14.8. The fourth-order valence-corrected chi connectivity index (χ4v) is 5.68. The fourth-order valence-electron chi connectivity index (χ4n) is 5.68. The number of methoxy groups -OCH3 is 1. The zero-order valence-electron chi connectivity index (χ0n) is 25.7. The summed E-state index contributed by atoms with van der Waals surface area (Å²) in [5.74, 6) is -0.727. The predicted molar refractivity (Wildman–Crippen MR) is 167 cm³/mol. The predicted octanol–water partition coefficient (Wildman–Crippen LogP) is 7.81. The molecular weight excluding hydrogens is 561 g/mol. The van der Waals surface area contributed by atoms with Crippen LogP contribution in [-0.4, -0.2) is 48.9 Å². The number of amides is 1. The van der Waals surface area contributed by atoms with E-state index in [1.165, 1.54) is 19.2 Å². The van der Waals surface area contributed by atoms with Gasteiger partial charge in [-0.05, 0) is 74.2 Å². The van der Waals surface area contributed by atoms with Gasteiger partial charge in [-0.25, -0.2) is 14.0 Å². The lowest BCUT2D eigenvalue weighted by Gasteiger charge is -2.38. The molecule has 0 spiro atoms. The second-order valence-electron chi connectivity index (χ2n) is 12.0. The third kappa shape index (κ3) is 6.96. The summed E-state index contributed by atoms with van der Waals surface area (Å²) >= 11 is 0. The molecule has 0 aromatic heterocycles. The molecule has 44 heavy (non-hydrogen) atoms. The summed E-state index contributed by atoms with van der Waals surface area (Å²) in [4.78, 5) is 27.0. The minimum Gasteiger partial charge on any atom is -0.488 e. The van der Waals surface area contributed by atoms with Crippen LogP contribution < -0.4 is 9.47 Å². The molecule has 0 saturated heterocycles. The summed E-state index contributed by atoms with van der Waals surface area (Å²) in [6, 6.07) is 26.3. The highest BCUT2D eigenvalue weighted by Gasteiger charge is 2.35. The average Bonchev–Trinajstić information content (AvgIpc) is 3.01. The summed E-state index contributed by atoms with van der Waals surface area (Å²) in [6.07, 6.45) is -0.339. The molecule has 0 radical (unpaired) electrons. The van der Waals surface area contributed by atoms with Crippen LogP contribution in [0.15, 0.2) is 84.9 Å². The van der Waals surface area contributed by atoms with E-state index in [1.54, 1.807) is 11.0 Å². The van der Waals surface area contributed by atoms with Gasteiger partial charge in [-0.3, -0.25) is 4.90 Å². The molecule has 1 aliphatic rings. The van der Waals surface area contributed by atoms with Crippen molar-refractivity contribution in [1.29, 1.82) is 0 Å². The van der Waals surface area contributed by atoms with E-state index in [4.69, 9.17) is 14.2 Å². The van der Waals surface area contributed by atoms with Crippen molar-refractivity contribution in [2.75, 3.05) is 20.3 Å². The Morgan fingerprint density at radius 3 is 2.48 bits per heavy atom. The van der Waals surface area contributed by atoms with Crippen LogP contribution in [0.1, 0.15) is 62.8 Å². The molecule has 1 amide bonds. The van der Waals surface area contributed by atoms with Gasteiger partial charge in [0, 0.05) is 11.5 Å². The number of fused-ring (bicyclic) bond motifs is 2. The standard InChI is InChI=1S/C36H38FNO6/c1-23(27-15-10-12-24-11-6-7-13-28(24)27)38(35(40)44-36(2,3)4)21-26-20-30(29-14-8-9-16-32(29)43-26)25-17-18-33(31(37)19-25)42-22-34(39)41-5/h6-19,23,26,30H,20-22H2,1-5H3. The number of benzene rings is 4. The van der Waals surface area contributed by atoms with Gasteiger partial charge < -0.3 is 18.9 Å². The van der Waals surface area contributed by atoms with E-state index in [0.29, 0.717) is 12.2 Å². The molecule has 0 N–H and O–H groups in total. The molecule has 3 unspecified atom stereocenters. The first kappa shape index (κ1) is 30.9. The fraction of sp³-hybridized carbons (Fsp3) is 0.333. The molecule has 3 atom stereocenters. The Morgan fingerprint density at radius 2 is 1.73 bits per heavy atom. The molecule has 4 aromatic carbocycles. The summed E-state index contributed by atoms with van der Waals surface area (Å²) in [5, 5.41) is 2.15. The highest BCUT2D eigenvalue weighted by atomic mass is 19.1. The lowest BCUT2D eigenvalue weighted by molar-refractivity contribution is -0.142. The second kappa shape index (κ2) is 13.0. The highest BCUT2D eigenvalue weighted by molar-refractivity contribution is 5.86. The zero-order chi connectivity index (χ0) is 31.4. The van der Waals surface area contributed by atoms with Crippen LogP contribution in [0.3, 0.4) is 0 Å². The normalized spacial score (nSPS) is 16.8. The van der Waals surface area contributed by atoms with E-state index < -0.39 is 29.6 Å². The van der Waals surface area contributed by atoms with Crippen molar-refractivity contribution >= 4 is 22.8 Å². The molecule has 7 nitrogen and oxygen atoms in total. The molecule has 4 aromatic rings. The van der Waals surface area contributed by atoms with Crippen molar-refractivity contribution in [1.82, 2.24) is 4.90 Å². The minimum atomic E-state index is -0.689. The van der Waals surface area contributed by atoms with Gasteiger partial charge in [-0.2, -0.15) is 0 Å². The molecule has 1 aliphatic heterocycles. The molecule has 5 rings (SSSR count). The van der Waals surface area contributed by atoms with Crippen LogP contribution in [0.25, 0.3) is 10.8 Å². The van der Waals surface area contributed by atoms with Crippen molar-refractivity contribution in [3.63, 3.8) is 0 Å². The molecule has 0 fully saturated rings. The molecule has 1 heterocycles. The van der Waals surface area contributed by atoms with Gasteiger partial charge in [0.05, 0.1) is 19.7 Å². The van der Waals surface area contributed by atoms with Crippen LogP contribution in [0.2, 0.25) is 0 Å². The van der Waals surface area contributed by atoms with Crippen LogP contribution >= 0.6 is 0 Å². The maximum Gasteiger partial charge on any atom is 0.410 e. The van der Waals surface area contributed by atoms with E-state index in [2.05, 4.69) is 22.9 Å². The quantitative estimate of drug-likeness (QED) is 0.192. The van der Waals surface area contributed by atoms with Crippen LogP contribution in [0, 0.1) is 5.82 Å². The number of carbonyl (C=O) groups excluding carboxylic acids is 2. The lowest BCUT2D eigenvalue weighted by atomic mass is 9.84. The van der Waals surface area contributed by atoms with Gasteiger partial charge in [0.1, 0.15) is 17.5 Å². The highest BCUT2D eigenvalue weighted by Crippen LogP contribution is 2.42. The largest absolute Gasteiger partial charge is 0.488 e. The van der Waals surface area contributed by atoms with Gasteiger partial charge >= 0.3 is 12.1 Å². The van der Waals surface area contributed by atoms with Crippen LogP contribution in [-0.2, 0) is 14.3 Å². The van der Waals surface area contributed by atoms with Gasteiger partial charge in [-0.1, -0.05) is 66.7 Å². The monoisotopic (exact) mass is 599 g/mol. The Morgan fingerprint density at radius 1 is 1.00 bits per heavy atom. The van der Waals surface area contributed by atoms with E-state index in [-0.39, 0.29) is 30.9 Å². The Hall–Kier alpha value is -4.59. The van der Waals surface area contributed by atoms with Crippen LogP contribution in [0.4, 0.5) is 9.18 Å². The zero-order valence-corrected chi connectivity index (χ0v) is 25.7. The number of para-hydroxylation sites is 1. The molecular formula is C36H38FNO6. The van der Waals surface area contributed by atoms with E-state index in [9.17, 15) is 9.59 Å². The average molecular weight is 600 g/mol. The van der Waals surface area contributed by atoms with Crippen molar-refractivity contribution in [3.05, 3.63) is 107 Å². The number of halogens is 1. The Bertz CT molecular complexity index is 1640. The number of esters is 1. The third-order valence-corrected chi connectivity index (χ3v) is 7.79. The van der Waals surface area contributed by atoms with E-state index in [1.807, 2.05) is 76.2 Å². The summed E-state index contributed by atoms with van der Waals surface area (Å²) < 4.78 is 37.4. The number of rotatable bonds is 8. The van der Waals surface area contributed by atoms with E-state index >= 15 is 4.39 Å². The first-order chi connectivity index (χ1) is 21.0. The SMILES string of the molecule is COC(=O)COc1ccc(C2CC(CN(C(=O)OC(C)(C)C)C(C)c3cccc4ccccc34)Oc3ccccc32)cc1F. The molecule has 0 aliphatic carbocycles. The minimum absolute atomic E-state index is 0.0314. The summed E-state index contributed by atoms with van der Waals surface area (Å²) in [5.41, 5.74) is 1.98. The molecule has 8 heteroatoms. The lowest BCUT2D eigenvalue weighted by Crippen LogP contribution is -2.45. The smallest absolute Gasteiger partial charge is 0.410 e. The van der Waals surface area contributed by atoms with Gasteiger partial charge in [0.25, 0.3) is 0 Å². The summed E-state index contributed by atoms with van der Waals surface area (Å²) in [6.45, 7) is 7.42. The molecule has 0 saturated carbocycles. The topological polar surface area (TPSA) is 74.3 Å². The number of nitrogens with zero attached hydrogens (tertiary/aromatic N) is 1. The summed E-state index contributed by atoms with van der Waals surface area (Å²) in [7, 11) is 1.25. The second-order valence-corrected chi connectivity index (χ2v) is 12.0.